The summed E-state index contributed by atoms with van der Waals surface area (Å²) in [4.78, 5) is 0. The molecule has 1 fully saturated rings. The second-order valence-corrected chi connectivity index (χ2v) is 5.14. The number of rotatable bonds is 5. The molecule has 1 aliphatic heterocycles. The van der Waals surface area contributed by atoms with E-state index in [4.69, 9.17) is 10.5 Å². The Kier molecular flexibility index (Phi) is 4.39. The molecular weight excluding hydrogens is 174 g/mol. The highest BCUT2D eigenvalue weighted by molar-refractivity contribution is 4.80. The minimum absolute atomic E-state index is 0.123. The van der Waals surface area contributed by atoms with Crippen LogP contribution in [0.3, 0.4) is 0 Å². The van der Waals surface area contributed by atoms with E-state index in [1.54, 1.807) is 0 Å². The largest absolute Gasteiger partial charge is 0.372 e. The molecule has 0 aromatic heterocycles. The Morgan fingerprint density at radius 2 is 2.21 bits per heavy atom. The Morgan fingerprint density at radius 1 is 1.50 bits per heavy atom. The van der Waals surface area contributed by atoms with Gasteiger partial charge in [-0.15, -0.1) is 0 Å². The Labute approximate surface area is 88.2 Å². The van der Waals surface area contributed by atoms with Crippen LogP contribution in [0.2, 0.25) is 0 Å². The molecule has 84 valence electrons. The summed E-state index contributed by atoms with van der Waals surface area (Å²) < 4.78 is 5.92. The van der Waals surface area contributed by atoms with Crippen LogP contribution in [0.1, 0.15) is 59.3 Å². The van der Waals surface area contributed by atoms with E-state index < -0.39 is 0 Å². The monoisotopic (exact) mass is 199 g/mol. The van der Waals surface area contributed by atoms with E-state index in [1.165, 1.54) is 25.7 Å². The predicted molar refractivity (Wildman–Crippen MR) is 60.3 cm³/mol. The van der Waals surface area contributed by atoms with Crippen molar-refractivity contribution >= 4 is 0 Å². The van der Waals surface area contributed by atoms with E-state index in [2.05, 4.69) is 20.8 Å². The maximum atomic E-state index is 5.92. The van der Waals surface area contributed by atoms with Gasteiger partial charge in [-0.1, -0.05) is 6.92 Å². The van der Waals surface area contributed by atoms with Crippen LogP contribution >= 0.6 is 0 Å². The first-order valence-corrected chi connectivity index (χ1v) is 5.97. The molecule has 2 N–H and O–H groups in total. The van der Waals surface area contributed by atoms with E-state index in [-0.39, 0.29) is 5.60 Å². The lowest BCUT2D eigenvalue weighted by Gasteiger charge is -2.19. The quantitative estimate of drug-likeness (QED) is 0.739. The molecule has 2 atom stereocenters. The van der Waals surface area contributed by atoms with Crippen molar-refractivity contribution in [3.8, 4) is 0 Å². The van der Waals surface area contributed by atoms with Gasteiger partial charge in [0, 0.05) is 6.04 Å². The van der Waals surface area contributed by atoms with E-state index in [9.17, 15) is 0 Å². The van der Waals surface area contributed by atoms with Gasteiger partial charge in [-0.25, -0.2) is 0 Å². The Bertz CT molecular complexity index is 168. The van der Waals surface area contributed by atoms with E-state index >= 15 is 0 Å². The van der Waals surface area contributed by atoms with Crippen molar-refractivity contribution in [2.75, 3.05) is 0 Å². The standard InChI is InChI=1S/C12H25NO/c1-4-10(13)6-5-7-11-8-9-12(2,3)14-11/h10-11H,4-9,13H2,1-3H3. The van der Waals surface area contributed by atoms with Crippen molar-refractivity contribution in [2.45, 2.75) is 77.0 Å². The zero-order chi connectivity index (χ0) is 10.6. The van der Waals surface area contributed by atoms with Crippen LogP contribution in [0.15, 0.2) is 0 Å². The number of hydrogen-bond acceptors (Lipinski definition) is 2. The Hall–Kier alpha value is -0.0800. The van der Waals surface area contributed by atoms with Gasteiger partial charge in [-0.2, -0.15) is 0 Å². The minimum atomic E-state index is 0.123. The normalized spacial score (nSPS) is 27.9. The van der Waals surface area contributed by atoms with Gasteiger partial charge in [0.05, 0.1) is 11.7 Å². The number of ether oxygens (including phenoxy) is 1. The van der Waals surface area contributed by atoms with Crippen LogP contribution in [0.5, 0.6) is 0 Å². The van der Waals surface area contributed by atoms with Gasteiger partial charge in [0.2, 0.25) is 0 Å². The topological polar surface area (TPSA) is 35.2 Å². The predicted octanol–water partition coefficient (Wildman–Crippen LogP) is 2.85. The van der Waals surface area contributed by atoms with Crippen molar-refractivity contribution in [3.63, 3.8) is 0 Å². The summed E-state index contributed by atoms with van der Waals surface area (Å²) in [7, 11) is 0. The minimum Gasteiger partial charge on any atom is -0.372 e. The molecule has 0 spiro atoms. The van der Waals surface area contributed by atoms with Gasteiger partial charge < -0.3 is 10.5 Å². The van der Waals surface area contributed by atoms with Gasteiger partial charge in [0.25, 0.3) is 0 Å². The molecule has 0 saturated carbocycles. The molecule has 0 bridgehead atoms. The molecule has 1 aliphatic rings. The molecular formula is C12H25NO. The zero-order valence-electron chi connectivity index (χ0n) is 9.88. The average molecular weight is 199 g/mol. The Balaban J connectivity index is 2.09. The highest BCUT2D eigenvalue weighted by Crippen LogP contribution is 2.31. The van der Waals surface area contributed by atoms with Gasteiger partial charge >= 0.3 is 0 Å². The lowest BCUT2D eigenvalue weighted by atomic mass is 10.0. The van der Waals surface area contributed by atoms with E-state index in [0.29, 0.717) is 12.1 Å². The smallest absolute Gasteiger partial charge is 0.0631 e. The van der Waals surface area contributed by atoms with E-state index in [0.717, 1.165) is 12.8 Å². The third-order valence-electron chi connectivity index (χ3n) is 3.18. The molecule has 0 aromatic rings. The first kappa shape index (κ1) is 12.0. The molecule has 0 radical (unpaired) electrons. The van der Waals surface area contributed by atoms with Gasteiger partial charge in [0.15, 0.2) is 0 Å². The van der Waals surface area contributed by atoms with Crippen molar-refractivity contribution in [3.05, 3.63) is 0 Å². The van der Waals surface area contributed by atoms with Gasteiger partial charge in [0.1, 0.15) is 0 Å². The van der Waals surface area contributed by atoms with Crippen LogP contribution in [0.4, 0.5) is 0 Å². The number of hydrogen-bond donors (Lipinski definition) is 1. The van der Waals surface area contributed by atoms with Crippen molar-refractivity contribution in [2.24, 2.45) is 5.73 Å². The molecule has 1 saturated heterocycles. The van der Waals surface area contributed by atoms with Crippen LogP contribution in [0.25, 0.3) is 0 Å². The van der Waals surface area contributed by atoms with Gasteiger partial charge in [-0.3, -0.25) is 0 Å². The summed E-state index contributed by atoms with van der Waals surface area (Å²) in [6, 6.07) is 0.393. The highest BCUT2D eigenvalue weighted by Gasteiger charge is 2.30. The summed E-state index contributed by atoms with van der Waals surface area (Å²) in [6.07, 6.45) is 7.58. The maximum absolute atomic E-state index is 5.92. The first-order valence-electron chi connectivity index (χ1n) is 5.97. The zero-order valence-corrected chi connectivity index (χ0v) is 9.88. The van der Waals surface area contributed by atoms with Crippen LogP contribution < -0.4 is 5.73 Å². The summed E-state index contributed by atoms with van der Waals surface area (Å²) >= 11 is 0. The van der Waals surface area contributed by atoms with Crippen molar-refractivity contribution in [1.29, 1.82) is 0 Å². The summed E-state index contributed by atoms with van der Waals surface area (Å²) in [6.45, 7) is 6.52. The maximum Gasteiger partial charge on any atom is 0.0631 e. The second-order valence-electron chi connectivity index (χ2n) is 5.14. The summed E-state index contributed by atoms with van der Waals surface area (Å²) in [5, 5.41) is 0. The molecule has 2 nitrogen and oxygen atoms in total. The molecule has 0 amide bonds. The fraction of sp³-hybridized carbons (Fsp3) is 1.00. The lowest BCUT2D eigenvalue weighted by Crippen LogP contribution is -2.21. The lowest BCUT2D eigenvalue weighted by molar-refractivity contribution is -0.0192. The van der Waals surface area contributed by atoms with Crippen LogP contribution in [-0.2, 0) is 4.74 Å². The third kappa shape index (κ3) is 3.97. The second kappa shape index (κ2) is 5.13. The molecule has 0 aromatic carbocycles. The molecule has 1 rings (SSSR count). The van der Waals surface area contributed by atoms with Gasteiger partial charge in [-0.05, 0) is 52.4 Å². The Morgan fingerprint density at radius 3 is 2.71 bits per heavy atom. The van der Waals surface area contributed by atoms with E-state index in [1.807, 2.05) is 0 Å². The fourth-order valence-corrected chi connectivity index (χ4v) is 2.09. The molecule has 1 heterocycles. The molecule has 2 heteroatoms. The SMILES string of the molecule is CCC(N)CCCC1CCC(C)(C)O1. The molecule has 2 unspecified atom stereocenters. The van der Waals surface area contributed by atoms with Crippen LogP contribution in [0, 0.1) is 0 Å². The number of nitrogens with two attached hydrogens (primary N) is 1. The fourth-order valence-electron chi connectivity index (χ4n) is 2.09. The van der Waals surface area contributed by atoms with Crippen LogP contribution in [-0.4, -0.2) is 17.7 Å². The summed E-state index contributed by atoms with van der Waals surface area (Å²) in [5.41, 5.74) is 5.99. The molecule has 0 aliphatic carbocycles. The summed E-state index contributed by atoms with van der Waals surface area (Å²) in [5.74, 6) is 0. The van der Waals surface area contributed by atoms with Crippen molar-refractivity contribution in [1.82, 2.24) is 0 Å². The van der Waals surface area contributed by atoms with Crippen molar-refractivity contribution < 1.29 is 4.74 Å². The highest BCUT2D eigenvalue weighted by atomic mass is 16.5. The first-order chi connectivity index (χ1) is 6.53. The molecule has 14 heavy (non-hydrogen) atoms. The average Bonchev–Trinajstić information content (AvgIpc) is 2.45. The third-order valence-corrected chi connectivity index (χ3v) is 3.18.